The maximum Gasteiger partial charge on any atom is 0.323 e. The highest BCUT2D eigenvalue weighted by molar-refractivity contribution is 6.30. The highest BCUT2D eigenvalue weighted by Gasteiger charge is 2.17. The van der Waals surface area contributed by atoms with Gasteiger partial charge in [0.05, 0.1) is 17.7 Å². The second-order valence-corrected chi connectivity index (χ2v) is 8.70. The lowest BCUT2D eigenvalue weighted by Gasteiger charge is -2.31. The van der Waals surface area contributed by atoms with Crippen LogP contribution in [-0.2, 0) is 4.79 Å². The molecule has 2 heterocycles. The maximum atomic E-state index is 12.7. The molecule has 0 radical (unpaired) electrons. The van der Waals surface area contributed by atoms with Crippen LogP contribution in [0.25, 0.3) is 10.9 Å². The first-order valence-corrected chi connectivity index (χ1v) is 11.2. The monoisotopic (exact) mass is 466 g/mol. The lowest BCUT2D eigenvalue weighted by atomic mass is 10.1. The normalized spacial score (nSPS) is 14.8. The molecular weight excluding hydrogens is 440 g/mol. The minimum atomic E-state index is -0.391. The van der Waals surface area contributed by atoms with Crippen molar-refractivity contribution in [2.24, 2.45) is 0 Å². The van der Waals surface area contributed by atoms with Crippen molar-refractivity contribution >= 4 is 51.5 Å². The summed E-state index contributed by atoms with van der Waals surface area (Å²) in [5.41, 5.74) is 3.40. The molecule has 0 spiro atoms. The number of likely N-dealkylation sites (N-methyl/N-ethyl adjacent to an activating group) is 1. The van der Waals surface area contributed by atoms with Crippen LogP contribution in [0.15, 0.2) is 48.5 Å². The maximum absolute atomic E-state index is 12.7. The molecule has 1 aromatic heterocycles. The Morgan fingerprint density at radius 3 is 2.42 bits per heavy atom. The third kappa shape index (κ3) is 6.19. The van der Waals surface area contributed by atoms with E-state index in [-0.39, 0.29) is 5.91 Å². The molecule has 1 aliphatic heterocycles. The Hall–Kier alpha value is -3.20. The third-order valence-electron chi connectivity index (χ3n) is 5.51. The number of anilines is 3. The third-order valence-corrected chi connectivity index (χ3v) is 5.75. The number of hydrogen-bond acceptors (Lipinski definition) is 5. The number of rotatable bonds is 5. The largest absolute Gasteiger partial charge is 0.324 e. The molecule has 9 heteroatoms. The number of amides is 3. The van der Waals surface area contributed by atoms with Gasteiger partial charge < -0.3 is 20.9 Å². The lowest BCUT2D eigenvalue weighted by molar-refractivity contribution is -0.117. The first-order valence-electron chi connectivity index (χ1n) is 10.8. The number of nitrogens with one attached hydrogen (secondary N) is 3. The van der Waals surface area contributed by atoms with E-state index in [2.05, 4.69) is 37.8 Å². The number of halogens is 1. The van der Waals surface area contributed by atoms with Crippen molar-refractivity contribution in [3.05, 3.63) is 59.2 Å². The number of nitrogens with zero attached hydrogens (tertiary/aromatic N) is 3. The fraction of sp³-hybridized carbons (Fsp3) is 0.292. The van der Waals surface area contributed by atoms with Crippen LogP contribution in [-0.4, -0.2) is 66.5 Å². The molecule has 1 fully saturated rings. The zero-order valence-electron chi connectivity index (χ0n) is 18.7. The average Bonchev–Trinajstić information content (AvgIpc) is 2.75. The highest BCUT2D eigenvalue weighted by Crippen LogP contribution is 2.27. The van der Waals surface area contributed by atoms with Crippen LogP contribution in [0.2, 0.25) is 5.02 Å². The van der Waals surface area contributed by atoms with Gasteiger partial charge in [0, 0.05) is 53.7 Å². The molecule has 1 aliphatic rings. The second kappa shape index (κ2) is 10.2. The van der Waals surface area contributed by atoms with Crippen molar-refractivity contribution in [2.45, 2.75) is 6.92 Å². The number of carbonyl (C=O) groups is 2. The molecule has 3 aromatic rings. The Kier molecular flexibility index (Phi) is 7.08. The van der Waals surface area contributed by atoms with E-state index in [0.29, 0.717) is 28.6 Å². The summed E-state index contributed by atoms with van der Waals surface area (Å²) in [7, 11) is 2.09. The van der Waals surface area contributed by atoms with Gasteiger partial charge in [-0.3, -0.25) is 14.7 Å². The standard InChI is InChI=1S/C24H27ClN6O2/c1-16-12-22(29-23(32)15-31-10-8-30(2)9-11-31)20-14-19(6-7-21(20)26-16)28-24(33)27-18-5-3-4-17(25)13-18/h3-7,12-14H,8-11,15H2,1-2H3,(H,26,29,32)(H2,27,28,33). The van der Waals surface area contributed by atoms with Crippen molar-refractivity contribution in [3.63, 3.8) is 0 Å². The molecule has 3 N–H and O–H groups in total. The van der Waals surface area contributed by atoms with E-state index in [1.54, 1.807) is 30.3 Å². The number of urea groups is 1. The quantitative estimate of drug-likeness (QED) is 0.528. The van der Waals surface area contributed by atoms with Gasteiger partial charge in [-0.1, -0.05) is 17.7 Å². The van der Waals surface area contributed by atoms with E-state index in [0.717, 1.165) is 42.8 Å². The van der Waals surface area contributed by atoms with E-state index in [4.69, 9.17) is 11.6 Å². The lowest BCUT2D eigenvalue weighted by Crippen LogP contribution is -2.47. The number of aromatic nitrogens is 1. The molecular formula is C24H27ClN6O2. The number of pyridine rings is 1. The van der Waals surface area contributed by atoms with E-state index < -0.39 is 6.03 Å². The number of fused-ring (bicyclic) bond motifs is 1. The van der Waals surface area contributed by atoms with E-state index in [1.165, 1.54) is 0 Å². The van der Waals surface area contributed by atoms with Gasteiger partial charge in [-0.05, 0) is 56.4 Å². The van der Waals surface area contributed by atoms with E-state index in [1.807, 2.05) is 25.1 Å². The molecule has 4 rings (SSSR count). The van der Waals surface area contributed by atoms with Crippen molar-refractivity contribution in [1.29, 1.82) is 0 Å². The van der Waals surface area contributed by atoms with E-state index in [9.17, 15) is 9.59 Å². The average molecular weight is 467 g/mol. The molecule has 8 nitrogen and oxygen atoms in total. The summed E-state index contributed by atoms with van der Waals surface area (Å²) in [6.07, 6.45) is 0. The number of hydrogen-bond donors (Lipinski definition) is 3. The summed E-state index contributed by atoms with van der Waals surface area (Å²) in [4.78, 5) is 34.1. The van der Waals surface area contributed by atoms with Crippen molar-refractivity contribution in [2.75, 3.05) is 55.7 Å². The van der Waals surface area contributed by atoms with Crippen LogP contribution in [0, 0.1) is 6.92 Å². The van der Waals surface area contributed by atoms with Gasteiger partial charge in [-0.25, -0.2) is 4.79 Å². The summed E-state index contributed by atoms with van der Waals surface area (Å²) in [6.45, 7) is 5.89. The summed E-state index contributed by atoms with van der Waals surface area (Å²) < 4.78 is 0. The minimum Gasteiger partial charge on any atom is -0.324 e. The first kappa shape index (κ1) is 23.0. The summed E-state index contributed by atoms with van der Waals surface area (Å²) >= 11 is 5.98. The first-order chi connectivity index (χ1) is 15.9. The second-order valence-electron chi connectivity index (χ2n) is 8.26. The smallest absolute Gasteiger partial charge is 0.323 e. The molecule has 1 saturated heterocycles. The van der Waals surface area contributed by atoms with Gasteiger partial charge in [0.2, 0.25) is 5.91 Å². The Balaban J connectivity index is 1.48. The van der Waals surface area contributed by atoms with Crippen LogP contribution < -0.4 is 16.0 Å². The molecule has 2 aromatic carbocycles. The minimum absolute atomic E-state index is 0.0662. The summed E-state index contributed by atoms with van der Waals surface area (Å²) in [6, 6.07) is 13.8. The Labute approximate surface area is 197 Å². The number of carbonyl (C=O) groups excluding carboxylic acids is 2. The summed E-state index contributed by atoms with van der Waals surface area (Å²) in [5.74, 6) is -0.0662. The van der Waals surface area contributed by atoms with Gasteiger partial charge in [0.1, 0.15) is 0 Å². The Morgan fingerprint density at radius 2 is 1.70 bits per heavy atom. The molecule has 0 aliphatic carbocycles. The SMILES string of the molecule is Cc1cc(NC(=O)CN2CCN(C)CC2)c2cc(NC(=O)Nc3cccc(Cl)c3)ccc2n1. The fourth-order valence-corrected chi connectivity index (χ4v) is 3.99. The van der Waals surface area contributed by atoms with Gasteiger partial charge in [0.25, 0.3) is 0 Å². The molecule has 0 atom stereocenters. The van der Waals surface area contributed by atoms with Gasteiger partial charge in [0.15, 0.2) is 0 Å². The topological polar surface area (TPSA) is 89.6 Å². The van der Waals surface area contributed by atoms with Gasteiger partial charge in [-0.2, -0.15) is 0 Å². The Bertz CT molecular complexity index is 1180. The number of benzene rings is 2. The zero-order chi connectivity index (χ0) is 23.4. The van der Waals surface area contributed by atoms with Crippen LogP contribution in [0.3, 0.4) is 0 Å². The van der Waals surface area contributed by atoms with Gasteiger partial charge in [-0.15, -0.1) is 0 Å². The van der Waals surface area contributed by atoms with Crippen LogP contribution in [0.4, 0.5) is 21.9 Å². The van der Waals surface area contributed by atoms with Crippen LogP contribution >= 0.6 is 11.6 Å². The number of aryl methyl sites for hydroxylation is 1. The van der Waals surface area contributed by atoms with Crippen molar-refractivity contribution in [3.8, 4) is 0 Å². The van der Waals surface area contributed by atoms with E-state index >= 15 is 0 Å². The summed E-state index contributed by atoms with van der Waals surface area (Å²) in [5, 5.41) is 9.91. The number of piperazine rings is 1. The van der Waals surface area contributed by atoms with Crippen LogP contribution in [0.5, 0.6) is 0 Å². The molecule has 3 amide bonds. The highest BCUT2D eigenvalue weighted by atomic mass is 35.5. The van der Waals surface area contributed by atoms with Crippen molar-refractivity contribution in [1.82, 2.24) is 14.8 Å². The fourth-order valence-electron chi connectivity index (χ4n) is 3.80. The molecule has 0 saturated carbocycles. The Morgan fingerprint density at radius 1 is 0.970 bits per heavy atom. The van der Waals surface area contributed by atoms with Crippen LogP contribution in [0.1, 0.15) is 5.69 Å². The molecule has 172 valence electrons. The molecule has 0 unspecified atom stereocenters. The molecule has 33 heavy (non-hydrogen) atoms. The molecule has 0 bridgehead atoms. The zero-order valence-corrected chi connectivity index (χ0v) is 19.4. The van der Waals surface area contributed by atoms with Crippen molar-refractivity contribution < 1.29 is 9.59 Å². The van der Waals surface area contributed by atoms with Gasteiger partial charge >= 0.3 is 6.03 Å². The predicted molar refractivity (Wildman–Crippen MR) is 133 cm³/mol. The predicted octanol–water partition coefficient (Wildman–Crippen LogP) is 4.03.